The van der Waals surface area contributed by atoms with Crippen LogP contribution in [0.3, 0.4) is 0 Å². The van der Waals surface area contributed by atoms with E-state index in [1.807, 2.05) is 35.2 Å². The monoisotopic (exact) mass is 337 g/mol. The van der Waals surface area contributed by atoms with Crippen molar-refractivity contribution >= 4 is 23.2 Å². The van der Waals surface area contributed by atoms with Gasteiger partial charge in [-0.2, -0.15) is 0 Å². The smallest absolute Gasteiger partial charge is 0.255 e. The number of carbonyl (C=O) groups excluding carboxylic acids is 2. The Morgan fingerprint density at radius 2 is 1.92 bits per heavy atom. The fraction of sp³-hybridized carbons (Fsp3) is 0.300. The Labute approximate surface area is 147 Å². The van der Waals surface area contributed by atoms with Crippen molar-refractivity contribution in [3.63, 3.8) is 0 Å². The van der Waals surface area contributed by atoms with Crippen LogP contribution in [0.4, 0.5) is 11.4 Å². The standard InChI is InChI=1S/C20H23N3O2/c1-2-11-23-18-9-8-17(12-16(18)7-10-19(23)24)22-20(25)15-5-3-14(13-21)4-6-15/h3-6,8-9,12H,2,7,10-11,13,21H2,1H3,(H,22,25). The fourth-order valence-electron chi connectivity index (χ4n) is 3.10. The molecule has 1 aliphatic rings. The molecule has 3 rings (SSSR count). The van der Waals surface area contributed by atoms with Crippen LogP contribution in [-0.2, 0) is 17.8 Å². The molecule has 0 aromatic heterocycles. The summed E-state index contributed by atoms with van der Waals surface area (Å²) in [7, 11) is 0. The largest absolute Gasteiger partial charge is 0.326 e. The van der Waals surface area contributed by atoms with Gasteiger partial charge in [-0.25, -0.2) is 0 Å². The highest BCUT2D eigenvalue weighted by Gasteiger charge is 2.23. The summed E-state index contributed by atoms with van der Waals surface area (Å²) in [6.45, 7) is 3.25. The lowest BCUT2D eigenvalue weighted by atomic mass is 10.00. The van der Waals surface area contributed by atoms with E-state index in [0.717, 1.165) is 35.5 Å². The van der Waals surface area contributed by atoms with Gasteiger partial charge in [-0.3, -0.25) is 9.59 Å². The van der Waals surface area contributed by atoms with Crippen molar-refractivity contribution in [3.8, 4) is 0 Å². The zero-order valence-corrected chi connectivity index (χ0v) is 14.4. The van der Waals surface area contributed by atoms with E-state index in [1.54, 1.807) is 12.1 Å². The van der Waals surface area contributed by atoms with E-state index in [2.05, 4.69) is 12.2 Å². The first-order valence-electron chi connectivity index (χ1n) is 8.66. The summed E-state index contributed by atoms with van der Waals surface area (Å²) in [6.07, 6.45) is 2.15. The summed E-state index contributed by atoms with van der Waals surface area (Å²) in [5.41, 5.74) is 9.98. The number of hydrogen-bond donors (Lipinski definition) is 2. The highest BCUT2D eigenvalue weighted by molar-refractivity contribution is 6.04. The number of nitrogens with zero attached hydrogens (tertiary/aromatic N) is 1. The van der Waals surface area contributed by atoms with Crippen LogP contribution in [0.15, 0.2) is 42.5 Å². The minimum absolute atomic E-state index is 0.152. The van der Waals surface area contributed by atoms with Gasteiger partial charge in [-0.1, -0.05) is 19.1 Å². The number of nitrogens with one attached hydrogen (secondary N) is 1. The van der Waals surface area contributed by atoms with E-state index in [-0.39, 0.29) is 11.8 Å². The van der Waals surface area contributed by atoms with E-state index in [1.165, 1.54) is 0 Å². The van der Waals surface area contributed by atoms with E-state index >= 15 is 0 Å². The minimum atomic E-state index is -0.152. The lowest BCUT2D eigenvalue weighted by molar-refractivity contribution is -0.118. The Hall–Kier alpha value is -2.66. The Balaban J connectivity index is 1.77. The van der Waals surface area contributed by atoms with Gasteiger partial charge in [0.25, 0.3) is 5.91 Å². The molecule has 0 saturated carbocycles. The fourth-order valence-corrected chi connectivity index (χ4v) is 3.10. The third-order valence-electron chi connectivity index (χ3n) is 4.44. The topological polar surface area (TPSA) is 75.4 Å². The van der Waals surface area contributed by atoms with Crippen LogP contribution >= 0.6 is 0 Å². The average molecular weight is 337 g/mol. The van der Waals surface area contributed by atoms with Crippen molar-refractivity contribution in [2.75, 3.05) is 16.8 Å². The molecule has 0 atom stereocenters. The second-order valence-corrected chi connectivity index (χ2v) is 6.24. The zero-order chi connectivity index (χ0) is 17.8. The quantitative estimate of drug-likeness (QED) is 0.880. The summed E-state index contributed by atoms with van der Waals surface area (Å²) in [4.78, 5) is 26.3. The molecule has 5 heteroatoms. The Morgan fingerprint density at radius 1 is 1.16 bits per heavy atom. The molecule has 130 valence electrons. The number of nitrogens with two attached hydrogens (primary N) is 1. The van der Waals surface area contributed by atoms with Crippen LogP contribution in [0.25, 0.3) is 0 Å². The molecule has 5 nitrogen and oxygen atoms in total. The summed E-state index contributed by atoms with van der Waals surface area (Å²) in [6, 6.07) is 13.0. The summed E-state index contributed by atoms with van der Waals surface area (Å²) >= 11 is 0. The molecule has 3 N–H and O–H groups in total. The lowest BCUT2D eigenvalue weighted by Gasteiger charge is -2.29. The molecule has 0 unspecified atom stereocenters. The SMILES string of the molecule is CCCN1C(=O)CCc2cc(NC(=O)c3ccc(CN)cc3)ccc21. The molecule has 0 spiro atoms. The number of fused-ring (bicyclic) bond motifs is 1. The molecule has 25 heavy (non-hydrogen) atoms. The highest BCUT2D eigenvalue weighted by Crippen LogP contribution is 2.30. The van der Waals surface area contributed by atoms with Gasteiger partial charge in [-0.05, 0) is 54.3 Å². The first-order chi connectivity index (χ1) is 12.1. The lowest BCUT2D eigenvalue weighted by Crippen LogP contribution is -2.35. The average Bonchev–Trinajstić information content (AvgIpc) is 2.64. The van der Waals surface area contributed by atoms with Gasteiger partial charge < -0.3 is 16.0 Å². The molecule has 0 radical (unpaired) electrons. The highest BCUT2D eigenvalue weighted by atomic mass is 16.2. The van der Waals surface area contributed by atoms with E-state index < -0.39 is 0 Å². The Kier molecular flexibility index (Phi) is 5.14. The second-order valence-electron chi connectivity index (χ2n) is 6.24. The van der Waals surface area contributed by atoms with E-state index in [0.29, 0.717) is 24.9 Å². The Bertz CT molecular complexity index is 784. The molecule has 0 bridgehead atoms. The molecule has 1 aliphatic heterocycles. The van der Waals surface area contributed by atoms with Crippen molar-refractivity contribution < 1.29 is 9.59 Å². The number of carbonyl (C=O) groups is 2. The maximum Gasteiger partial charge on any atom is 0.255 e. The summed E-state index contributed by atoms with van der Waals surface area (Å²) < 4.78 is 0. The third-order valence-corrected chi connectivity index (χ3v) is 4.44. The van der Waals surface area contributed by atoms with Gasteiger partial charge in [0.2, 0.25) is 5.91 Å². The van der Waals surface area contributed by atoms with Crippen LogP contribution in [0.5, 0.6) is 0 Å². The summed E-state index contributed by atoms with van der Waals surface area (Å²) in [5.74, 6) is 0.0203. The number of anilines is 2. The molecule has 0 aliphatic carbocycles. The van der Waals surface area contributed by atoms with Gasteiger partial charge in [-0.15, -0.1) is 0 Å². The molecular weight excluding hydrogens is 314 g/mol. The predicted octanol–water partition coefficient (Wildman–Crippen LogP) is 3.09. The maximum absolute atomic E-state index is 12.4. The number of benzene rings is 2. The van der Waals surface area contributed by atoms with Crippen LogP contribution in [-0.4, -0.2) is 18.4 Å². The van der Waals surface area contributed by atoms with E-state index in [9.17, 15) is 9.59 Å². The first kappa shape index (κ1) is 17.2. The number of amides is 2. The van der Waals surface area contributed by atoms with E-state index in [4.69, 9.17) is 5.73 Å². The van der Waals surface area contributed by atoms with Gasteiger partial charge in [0.05, 0.1) is 0 Å². The molecule has 0 saturated heterocycles. The third kappa shape index (κ3) is 3.72. The second kappa shape index (κ2) is 7.49. The van der Waals surface area contributed by atoms with Gasteiger partial charge in [0.1, 0.15) is 0 Å². The number of rotatable bonds is 5. The molecule has 2 amide bonds. The van der Waals surface area contributed by atoms with Crippen LogP contribution in [0.1, 0.15) is 41.3 Å². The first-order valence-corrected chi connectivity index (χ1v) is 8.66. The normalized spacial score (nSPS) is 13.5. The van der Waals surface area contributed by atoms with Crippen molar-refractivity contribution in [1.29, 1.82) is 0 Å². The number of hydrogen-bond acceptors (Lipinski definition) is 3. The zero-order valence-electron chi connectivity index (χ0n) is 14.4. The Morgan fingerprint density at radius 3 is 2.60 bits per heavy atom. The maximum atomic E-state index is 12.4. The molecule has 2 aromatic carbocycles. The van der Waals surface area contributed by atoms with Gasteiger partial charge in [0.15, 0.2) is 0 Å². The van der Waals surface area contributed by atoms with Crippen molar-refractivity contribution in [2.45, 2.75) is 32.7 Å². The van der Waals surface area contributed by atoms with Crippen molar-refractivity contribution in [1.82, 2.24) is 0 Å². The molecule has 2 aromatic rings. The molecular formula is C20H23N3O2. The molecule has 1 heterocycles. The predicted molar refractivity (Wildman–Crippen MR) is 99.7 cm³/mol. The summed E-state index contributed by atoms with van der Waals surface area (Å²) in [5, 5.41) is 2.93. The van der Waals surface area contributed by atoms with Gasteiger partial charge in [0, 0.05) is 36.4 Å². The van der Waals surface area contributed by atoms with Crippen LogP contribution in [0.2, 0.25) is 0 Å². The van der Waals surface area contributed by atoms with Crippen LogP contribution < -0.4 is 16.0 Å². The minimum Gasteiger partial charge on any atom is -0.326 e. The number of aryl methyl sites for hydroxylation is 1. The van der Waals surface area contributed by atoms with Crippen molar-refractivity contribution in [3.05, 3.63) is 59.2 Å². The van der Waals surface area contributed by atoms with Crippen molar-refractivity contribution in [2.24, 2.45) is 5.73 Å². The molecule has 0 fully saturated rings. The van der Waals surface area contributed by atoms with Crippen LogP contribution in [0, 0.1) is 0 Å². The van der Waals surface area contributed by atoms with Gasteiger partial charge >= 0.3 is 0 Å².